The number of rotatable bonds is 2. The molecule has 0 aliphatic heterocycles. The van der Waals surface area contributed by atoms with E-state index in [2.05, 4.69) is 32.7 Å². The van der Waals surface area contributed by atoms with Crippen molar-refractivity contribution in [2.75, 3.05) is 6.61 Å². The lowest BCUT2D eigenvalue weighted by Gasteiger charge is -1.98. The van der Waals surface area contributed by atoms with Gasteiger partial charge >= 0.3 is 0 Å². The van der Waals surface area contributed by atoms with E-state index in [0.717, 1.165) is 20.5 Å². The van der Waals surface area contributed by atoms with Crippen LogP contribution in [0.2, 0.25) is 0 Å². The Bertz CT molecular complexity index is 466. The van der Waals surface area contributed by atoms with Gasteiger partial charge in [0.25, 0.3) is 0 Å². The number of nitrogens with zero attached hydrogens (tertiary/aromatic N) is 3. The molecule has 1 N–H and O–H groups in total. The molecule has 0 unspecified atom stereocenters. The van der Waals surface area contributed by atoms with E-state index in [1.807, 2.05) is 13.1 Å². The molecule has 0 radical (unpaired) electrons. The molecule has 5 heteroatoms. The first kappa shape index (κ1) is 9.85. The van der Waals surface area contributed by atoms with Gasteiger partial charge in [-0.15, -0.1) is 0 Å². The first-order valence-corrected chi connectivity index (χ1v) is 5.40. The summed E-state index contributed by atoms with van der Waals surface area (Å²) in [6, 6.07) is 0. The Morgan fingerprint density at radius 1 is 1.57 bits per heavy atom. The number of aliphatic hydroxyl groups is 1. The van der Waals surface area contributed by atoms with E-state index in [1.165, 1.54) is 0 Å². The highest BCUT2D eigenvalue weighted by molar-refractivity contribution is 14.1. The van der Waals surface area contributed by atoms with E-state index < -0.39 is 0 Å². The average Bonchev–Trinajstić information content (AvgIpc) is 2.43. The summed E-state index contributed by atoms with van der Waals surface area (Å²) in [5.74, 6) is 0. The minimum Gasteiger partial charge on any atom is -0.396 e. The summed E-state index contributed by atoms with van der Waals surface area (Å²) in [6.45, 7) is 2.10. The van der Waals surface area contributed by atoms with Crippen LogP contribution < -0.4 is 0 Å². The SMILES string of the molecule is Cc1nn2cc(CCO)cnc2c1I. The van der Waals surface area contributed by atoms with Crippen LogP contribution in [0.15, 0.2) is 12.4 Å². The zero-order valence-electron chi connectivity index (χ0n) is 7.74. The maximum Gasteiger partial charge on any atom is 0.168 e. The predicted molar refractivity (Wildman–Crippen MR) is 61.2 cm³/mol. The maximum absolute atomic E-state index is 8.79. The summed E-state index contributed by atoms with van der Waals surface area (Å²) in [7, 11) is 0. The highest BCUT2D eigenvalue weighted by atomic mass is 127. The molecule has 2 rings (SSSR count). The molecule has 2 aromatic rings. The molecule has 2 heterocycles. The number of aryl methyl sites for hydroxylation is 1. The summed E-state index contributed by atoms with van der Waals surface area (Å²) >= 11 is 2.24. The third-order valence-corrected chi connectivity index (χ3v) is 3.29. The summed E-state index contributed by atoms with van der Waals surface area (Å²) in [5, 5.41) is 13.1. The van der Waals surface area contributed by atoms with Gasteiger partial charge in [0.2, 0.25) is 0 Å². The molecular weight excluding hydrogens is 293 g/mol. The molecule has 0 bridgehead atoms. The second-order valence-electron chi connectivity index (χ2n) is 3.10. The third kappa shape index (κ3) is 1.61. The number of aromatic nitrogens is 3. The molecule has 0 atom stereocenters. The quantitative estimate of drug-likeness (QED) is 0.848. The van der Waals surface area contributed by atoms with Crippen LogP contribution in [0.5, 0.6) is 0 Å². The zero-order chi connectivity index (χ0) is 10.1. The lowest BCUT2D eigenvalue weighted by Crippen LogP contribution is -1.97. The smallest absolute Gasteiger partial charge is 0.168 e. The van der Waals surface area contributed by atoms with Crippen molar-refractivity contribution >= 4 is 28.2 Å². The topological polar surface area (TPSA) is 50.4 Å². The maximum atomic E-state index is 8.79. The Labute approximate surface area is 95.1 Å². The standard InChI is InChI=1S/C9H10IN3O/c1-6-8(10)9-11-4-7(2-3-14)5-13(9)12-6/h4-5,14H,2-3H2,1H3. The van der Waals surface area contributed by atoms with E-state index >= 15 is 0 Å². The van der Waals surface area contributed by atoms with Gasteiger partial charge in [0.1, 0.15) is 0 Å². The second kappa shape index (κ2) is 3.82. The number of hydrogen-bond acceptors (Lipinski definition) is 3. The molecular formula is C9H10IN3O. The van der Waals surface area contributed by atoms with Gasteiger partial charge < -0.3 is 5.11 Å². The Kier molecular flexibility index (Phi) is 2.69. The number of hydrogen-bond donors (Lipinski definition) is 1. The Morgan fingerprint density at radius 2 is 2.36 bits per heavy atom. The van der Waals surface area contributed by atoms with Crippen LogP contribution in [0.25, 0.3) is 5.65 Å². The van der Waals surface area contributed by atoms with Crippen molar-refractivity contribution < 1.29 is 5.11 Å². The van der Waals surface area contributed by atoms with Crippen LogP contribution in [0.1, 0.15) is 11.3 Å². The van der Waals surface area contributed by atoms with Crippen LogP contribution >= 0.6 is 22.6 Å². The molecule has 0 saturated heterocycles. The van der Waals surface area contributed by atoms with Crippen molar-refractivity contribution in [3.63, 3.8) is 0 Å². The van der Waals surface area contributed by atoms with Gasteiger partial charge in [0, 0.05) is 19.0 Å². The van der Waals surface area contributed by atoms with Crippen molar-refractivity contribution in [1.29, 1.82) is 0 Å². The van der Waals surface area contributed by atoms with Crippen LogP contribution in [0.3, 0.4) is 0 Å². The zero-order valence-corrected chi connectivity index (χ0v) is 9.89. The van der Waals surface area contributed by atoms with Gasteiger partial charge in [0.15, 0.2) is 5.65 Å². The van der Waals surface area contributed by atoms with Crippen molar-refractivity contribution in [3.8, 4) is 0 Å². The number of halogens is 1. The number of fused-ring (bicyclic) bond motifs is 1. The fourth-order valence-corrected chi connectivity index (χ4v) is 1.81. The van der Waals surface area contributed by atoms with Gasteiger partial charge in [-0.05, 0) is 41.5 Å². The molecule has 14 heavy (non-hydrogen) atoms. The first-order valence-electron chi connectivity index (χ1n) is 4.32. The molecule has 74 valence electrons. The summed E-state index contributed by atoms with van der Waals surface area (Å²) < 4.78 is 2.85. The van der Waals surface area contributed by atoms with Gasteiger partial charge in [-0.2, -0.15) is 5.10 Å². The summed E-state index contributed by atoms with van der Waals surface area (Å²) in [4.78, 5) is 4.30. The van der Waals surface area contributed by atoms with Crippen molar-refractivity contribution in [1.82, 2.24) is 14.6 Å². The average molecular weight is 303 g/mol. The molecule has 0 aromatic carbocycles. The highest BCUT2D eigenvalue weighted by Crippen LogP contribution is 2.15. The Hall–Kier alpha value is -0.690. The van der Waals surface area contributed by atoms with Gasteiger partial charge in [-0.1, -0.05) is 0 Å². The Balaban J connectivity index is 2.56. The molecule has 0 amide bonds. The van der Waals surface area contributed by atoms with Crippen LogP contribution in [-0.4, -0.2) is 26.3 Å². The van der Waals surface area contributed by atoms with Crippen molar-refractivity contribution in [2.45, 2.75) is 13.3 Å². The van der Waals surface area contributed by atoms with Crippen LogP contribution in [-0.2, 0) is 6.42 Å². The fraction of sp³-hybridized carbons (Fsp3) is 0.333. The molecule has 0 fully saturated rings. The highest BCUT2D eigenvalue weighted by Gasteiger charge is 2.07. The predicted octanol–water partition coefficient (Wildman–Crippen LogP) is 1.18. The Morgan fingerprint density at radius 3 is 3.07 bits per heavy atom. The van der Waals surface area contributed by atoms with Gasteiger partial charge in [-0.3, -0.25) is 0 Å². The minimum absolute atomic E-state index is 0.143. The molecule has 0 aliphatic carbocycles. The van der Waals surface area contributed by atoms with E-state index in [-0.39, 0.29) is 6.61 Å². The van der Waals surface area contributed by atoms with Gasteiger partial charge in [0.05, 0.1) is 9.26 Å². The molecule has 0 aliphatic rings. The van der Waals surface area contributed by atoms with Crippen LogP contribution in [0.4, 0.5) is 0 Å². The largest absolute Gasteiger partial charge is 0.396 e. The van der Waals surface area contributed by atoms with Crippen molar-refractivity contribution in [3.05, 3.63) is 27.2 Å². The summed E-state index contributed by atoms with van der Waals surface area (Å²) in [5.41, 5.74) is 2.86. The molecule has 4 nitrogen and oxygen atoms in total. The second-order valence-corrected chi connectivity index (χ2v) is 4.18. The van der Waals surface area contributed by atoms with Crippen LogP contribution in [0, 0.1) is 10.5 Å². The van der Waals surface area contributed by atoms with E-state index in [0.29, 0.717) is 6.42 Å². The third-order valence-electron chi connectivity index (χ3n) is 2.03. The molecule has 2 aromatic heterocycles. The fourth-order valence-electron chi connectivity index (χ4n) is 1.31. The lowest BCUT2D eigenvalue weighted by atomic mass is 10.2. The van der Waals surface area contributed by atoms with E-state index in [4.69, 9.17) is 5.11 Å². The molecule has 0 saturated carbocycles. The first-order chi connectivity index (χ1) is 6.72. The molecule has 0 spiro atoms. The van der Waals surface area contributed by atoms with E-state index in [9.17, 15) is 0 Å². The number of aliphatic hydroxyl groups excluding tert-OH is 1. The van der Waals surface area contributed by atoms with Crippen molar-refractivity contribution in [2.24, 2.45) is 0 Å². The van der Waals surface area contributed by atoms with E-state index in [1.54, 1.807) is 10.7 Å². The lowest BCUT2D eigenvalue weighted by molar-refractivity contribution is 0.299. The minimum atomic E-state index is 0.143. The summed E-state index contributed by atoms with van der Waals surface area (Å²) in [6.07, 6.45) is 4.32. The van der Waals surface area contributed by atoms with Gasteiger partial charge in [-0.25, -0.2) is 9.50 Å². The normalized spacial score (nSPS) is 11.1. The monoisotopic (exact) mass is 303 g/mol.